The van der Waals surface area contributed by atoms with E-state index in [-0.39, 0.29) is 18.3 Å². The molecule has 2 heterocycles. The average molecular weight is 475 g/mol. The van der Waals surface area contributed by atoms with Crippen molar-refractivity contribution in [2.75, 3.05) is 0 Å². The summed E-state index contributed by atoms with van der Waals surface area (Å²) in [4.78, 5) is 12.0. The van der Waals surface area contributed by atoms with E-state index in [1.54, 1.807) is 12.1 Å². The third-order valence-electron chi connectivity index (χ3n) is 2.91. The summed E-state index contributed by atoms with van der Waals surface area (Å²) in [6.07, 6.45) is 1.40. The summed E-state index contributed by atoms with van der Waals surface area (Å²) in [5.74, 6) is 0.110. The molecule has 0 bridgehead atoms. The van der Waals surface area contributed by atoms with Gasteiger partial charge in [-0.2, -0.15) is 10.2 Å². The van der Waals surface area contributed by atoms with Gasteiger partial charge in [0.1, 0.15) is 11.5 Å². The molecule has 0 saturated carbocycles. The number of hydrazone groups is 1. The molecule has 3 rings (SSSR count). The van der Waals surface area contributed by atoms with E-state index in [1.807, 2.05) is 30.3 Å². The first-order chi connectivity index (χ1) is 11.1. The summed E-state index contributed by atoms with van der Waals surface area (Å²) in [5.41, 5.74) is 4.35. The lowest BCUT2D eigenvalue weighted by molar-refractivity contribution is 0.0950. The van der Waals surface area contributed by atoms with Crippen LogP contribution < -0.4 is 5.43 Å². The molecular weight excluding hydrogens is 463 g/mol. The van der Waals surface area contributed by atoms with Gasteiger partial charge in [-0.25, -0.2) is 5.43 Å². The number of hydrogen-bond acceptors (Lipinski definition) is 4. The maximum Gasteiger partial charge on any atom is 0.289 e. The van der Waals surface area contributed by atoms with Crippen molar-refractivity contribution >= 4 is 56.4 Å². The van der Waals surface area contributed by atoms with Gasteiger partial charge in [-0.3, -0.25) is 9.89 Å². The summed E-state index contributed by atoms with van der Waals surface area (Å²) < 4.78 is 6.64. The molecule has 6 nitrogen and oxygen atoms in total. The van der Waals surface area contributed by atoms with Gasteiger partial charge in [0.25, 0.3) is 5.91 Å². The molecule has 0 aliphatic heterocycles. The first kappa shape index (κ1) is 18.4. The number of hydrogen-bond donors (Lipinski definition) is 2. The normalized spacial score (nSPS) is 10.6. The molecule has 9 heteroatoms. The lowest BCUT2D eigenvalue weighted by atomic mass is 10.1. The fraction of sp³-hybridized carbons (Fsp3) is 0. The molecule has 124 valence electrons. The Labute approximate surface area is 160 Å². The molecular formula is C15H11Br2ClN4O2. The first-order valence-corrected chi connectivity index (χ1v) is 8.11. The van der Waals surface area contributed by atoms with Crippen molar-refractivity contribution in [2.24, 2.45) is 5.10 Å². The van der Waals surface area contributed by atoms with Crippen molar-refractivity contribution in [1.29, 1.82) is 0 Å². The molecule has 1 amide bonds. The van der Waals surface area contributed by atoms with Crippen molar-refractivity contribution in [3.63, 3.8) is 0 Å². The number of rotatable bonds is 4. The van der Waals surface area contributed by atoms with E-state index >= 15 is 0 Å². The highest BCUT2D eigenvalue weighted by Crippen LogP contribution is 2.25. The molecule has 3 aromatic rings. The number of nitrogens with zero attached hydrogens (tertiary/aromatic N) is 2. The molecule has 0 fully saturated rings. The van der Waals surface area contributed by atoms with Crippen LogP contribution in [0.2, 0.25) is 0 Å². The summed E-state index contributed by atoms with van der Waals surface area (Å²) in [7, 11) is 0. The number of carbonyl (C=O) groups excluding carboxylic acids is 1. The quantitative estimate of drug-likeness (QED) is 0.435. The Bertz CT molecular complexity index is 842. The molecule has 0 unspecified atom stereocenters. The third kappa shape index (κ3) is 4.34. The van der Waals surface area contributed by atoms with E-state index in [1.165, 1.54) is 6.21 Å². The predicted octanol–water partition coefficient (Wildman–Crippen LogP) is 4.38. The van der Waals surface area contributed by atoms with Crippen LogP contribution in [0.5, 0.6) is 0 Å². The highest BCUT2D eigenvalue weighted by molar-refractivity contribution is 9.13. The molecule has 0 atom stereocenters. The maximum absolute atomic E-state index is 12.0. The predicted molar refractivity (Wildman–Crippen MR) is 100 cm³/mol. The Kier molecular flexibility index (Phi) is 6.36. The van der Waals surface area contributed by atoms with Crippen LogP contribution in [0.4, 0.5) is 0 Å². The average Bonchev–Trinajstić information content (AvgIpc) is 3.16. The molecule has 24 heavy (non-hydrogen) atoms. The van der Waals surface area contributed by atoms with Gasteiger partial charge in [0.15, 0.2) is 4.67 Å². The number of H-pyrrole nitrogens is 1. The Hall–Kier alpha value is -1.90. The van der Waals surface area contributed by atoms with Crippen LogP contribution in [0.3, 0.4) is 0 Å². The molecule has 0 radical (unpaired) electrons. The second kappa shape index (κ2) is 8.27. The largest absolute Gasteiger partial charge is 0.447 e. The number of aromatic nitrogens is 2. The summed E-state index contributed by atoms with van der Waals surface area (Å²) in [6, 6.07) is 13.0. The zero-order valence-corrected chi connectivity index (χ0v) is 16.0. The smallest absolute Gasteiger partial charge is 0.289 e. The highest BCUT2D eigenvalue weighted by Gasteiger charge is 2.10. The zero-order chi connectivity index (χ0) is 16.2. The number of halogens is 3. The number of benzene rings is 1. The van der Waals surface area contributed by atoms with E-state index in [0.29, 0.717) is 21.8 Å². The van der Waals surface area contributed by atoms with Crippen LogP contribution >= 0.6 is 44.3 Å². The van der Waals surface area contributed by atoms with Crippen molar-refractivity contribution in [3.8, 4) is 11.3 Å². The summed E-state index contributed by atoms with van der Waals surface area (Å²) in [6.45, 7) is 0. The van der Waals surface area contributed by atoms with Crippen molar-refractivity contribution in [1.82, 2.24) is 15.6 Å². The summed E-state index contributed by atoms with van der Waals surface area (Å²) >= 11 is 6.52. The van der Waals surface area contributed by atoms with Gasteiger partial charge in [0.2, 0.25) is 0 Å². The Morgan fingerprint density at radius 3 is 2.67 bits per heavy atom. The number of nitrogens with one attached hydrogen (secondary N) is 2. The van der Waals surface area contributed by atoms with Gasteiger partial charge < -0.3 is 4.42 Å². The zero-order valence-electron chi connectivity index (χ0n) is 12.0. The molecule has 2 aromatic heterocycles. The molecule has 2 N–H and O–H groups in total. The maximum atomic E-state index is 12.0. The fourth-order valence-electron chi connectivity index (χ4n) is 1.84. The Balaban J connectivity index is 0.00000208. The first-order valence-electron chi connectivity index (χ1n) is 6.52. The van der Waals surface area contributed by atoms with Crippen molar-refractivity contribution in [3.05, 3.63) is 63.1 Å². The Morgan fingerprint density at radius 2 is 2.00 bits per heavy atom. The number of aromatic amines is 1. The fourth-order valence-corrected chi connectivity index (χ4v) is 2.44. The standard InChI is InChI=1S/C15H10Br2N4O2.ClH/c16-11-6-10(23-14(11)17)8-18-21-15(22)13-7-12(19-20-13)9-4-2-1-3-5-9;/h1-8H,(H,19,20)(H,21,22);1H. The van der Waals surface area contributed by atoms with Crippen LogP contribution in [-0.4, -0.2) is 22.3 Å². The number of carbonyl (C=O) groups is 1. The second-order valence-corrected chi connectivity index (χ2v) is 6.08. The second-order valence-electron chi connectivity index (χ2n) is 4.50. The van der Waals surface area contributed by atoms with Crippen molar-refractivity contribution < 1.29 is 9.21 Å². The minimum absolute atomic E-state index is 0. The lowest BCUT2D eigenvalue weighted by Crippen LogP contribution is -2.17. The number of furan rings is 1. The van der Waals surface area contributed by atoms with Crippen LogP contribution in [-0.2, 0) is 0 Å². The van der Waals surface area contributed by atoms with E-state index in [4.69, 9.17) is 4.42 Å². The molecule has 0 saturated heterocycles. The highest BCUT2D eigenvalue weighted by atomic mass is 79.9. The lowest BCUT2D eigenvalue weighted by Gasteiger charge is -1.94. The molecule has 0 aliphatic rings. The van der Waals surface area contributed by atoms with Gasteiger partial charge in [-0.05, 0) is 37.9 Å². The third-order valence-corrected chi connectivity index (χ3v) is 4.62. The number of amides is 1. The van der Waals surface area contributed by atoms with Gasteiger partial charge in [0.05, 0.1) is 16.4 Å². The Morgan fingerprint density at radius 1 is 1.25 bits per heavy atom. The van der Waals surface area contributed by atoms with Gasteiger partial charge in [0, 0.05) is 11.6 Å². The van der Waals surface area contributed by atoms with Crippen molar-refractivity contribution in [2.45, 2.75) is 0 Å². The van der Waals surface area contributed by atoms with Crippen LogP contribution in [0.25, 0.3) is 11.3 Å². The summed E-state index contributed by atoms with van der Waals surface area (Å²) in [5, 5.41) is 10.7. The minimum atomic E-state index is -0.388. The monoisotopic (exact) mass is 472 g/mol. The van der Waals surface area contributed by atoms with Crippen LogP contribution in [0.1, 0.15) is 16.2 Å². The van der Waals surface area contributed by atoms with E-state index in [2.05, 4.69) is 52.6 Å². The van der Waals surface area contributed by atoms with Gasteiger partial charge in [-0.15, -0.1) is 12.4 Å². The molecule has 0 spiro atoms. The molecule has 0 aliphatic carbocycles. The minimum Gasteiger partial charge on any atom is -0.447 e. The van der Waals surface area contributed by atoms with E-state index in [9.17, 15) is 4.79 Å². The van der Waals surface area contributed by atoms with E-state index < -0.39 is 0 Å². The van der Waals surface area contributed by atoms with Crippen LogP contribution in [0, 0.1) is 0 Å². The van der Waals surface area contributed by atoms with Crippen LogP contribution in [0.15, 0.2) is 61.1 Å². The topological polar surface area (TPSA) is 83.3 Å². The van der Waals surface area contributed by atoms with Gasteiger partial charge >= 0.3 is 0 Å². The van der Waals surface area contributed by atoms with E-state index in [0.717, 1.165) is 10.0 Å². The molecule has 1 aromatic carbocycles. The SMILES string of the molecule is Cl.O=C(NN=Cc1cc(Br)c(Br)o1)c1cc(-c2ccccc2)n[nH]1. The van der Waals surface area contributed by atoms with Gasteiger partial charge in [-0.1, -0.05) is 30.3 Å².